The lowest BCUT2D eigenvalue weighted by Gasteiger charge is -2.36. The molecule has 0 unspecified atom stereocenters. The van der Waals surface area contributed by atoms with E-state index in [2.05, 4.69) is 19.2 Å². The van der Waals surface area contributed by atoms with E-state index in [9.17, 15) is 9.90 Å². The maximum Gasteiger partial charge on any atom is 0.160 e. The summed E-state index contributed by atoms with van der Waals surface area (Å²) in [5.74, 6) is 0.697. The molecule has 2 aliphatic rings. The number of ketones is 1. The Kier molecular flexibility index (Phi) is 4.22. The number of benzene rings is 1. The summed E-state index contributed by atoms with van der Waals surface area (Å²) in [6.07, 6.45) is 8.27. The van der Waals surface area contributed by atoms with Gasteiger partial charge in [-0.25, -0.2) is 0 Å². The van der Waals surface area contributed by atoms with Gasteiger partial charge in [-0.2, -0.15) is 0 Å². The van der Waals surface area contributed by atoms with E-state index in [1.54, 1.807) is 12.1 Å². The third-order valence-corrected chi connectivity index (χ3v) is 5.11. The number of carbonyl (C=O) groups excluding carboxylic acids is 1. The monoisotopic (exact) mass is 313 g/mol. The van der Waals surface area contributed by atoms with Crippen molar-refractivity contribution in [2.24, 2.45) is 5.92 Å². The molecule has 1 aromatic rings. The molecule has 1 aliphatic carbocycles. The Balaban J connectivity index is 1.96. The second-order valence-corrected chi connectivity index (χ2v) is 7.78. The highest BCUT2D eigenvalue weighted by Gasteiger charge is 2.29. The minimum Gasteiger partial charge on any atom is -0.508 e. The minimum absolute atomic E-state index is 0.0882. The van der Waals surface area contributed by atoms with Crippen LogP contribution in [0, 0.1) is 12.8 Å². The zero-order valence-corrected chi connectivity index (χ0v) is 14.4. The molecule has 0 spiro atoms. The number of fused-ring (bicyclic) bond motifs is 1. The summed E-state index contributed by atoms with van der Waals surface area (Å²) in [5.41, 5.74) is 3.83. The number of phenolic OH excluding ortho intramolecular Hbond substituents is 1. The van der Waals surface area contributed by atoms with Crippen LogP contribution in [0.15, 0.2) is 18.2 Å². The molecule has 1 aromatic carbocycles. The SMILES string of the molecule is Cc1cc2c(cc1O)C(=CC(=O)C1CCCCC1)NC(C)(C)C2. The van der Waals surface area contributed by atoms with Gasteiger partial charge in [-0.3, -0.25) is 4.79 Å². The number of hydrogen-bond acceptors (Lipinski definition) is 3. The predicted molar refractivity (Wildman–Crippen MR) is 93.3 cm³/mol. The van der Waals surface area contributed by atoms with Gasteiger partial charge in [0.05, 0.1) is 0 Å². The molecule has 0 atom stereocenters. The van der Waals surface area contributed by atoms with Gasteiger partial charge >= 0.3 is 0 Å². The molecule has 3 nitrogen and oxygen atoms in total. The smallest absolute Gasteiger partial charge is 0.160 e. The van der Waals surface area contributed by atoms with Crippen molar-refractivity contribution in [1.29, 1.82) is 0 Å². The Morgan fingerprint density at radius 3 is 2.65 bits per heavy atom. The van der Waals surface area contributed by atoms with Crippen molar-refractivity contribution >= 4 is 11.5 Å². The average molecular weight is 313 g/mol. The predicted octanol–water partition coefficient (Wildman–Crippen LogP) is 4.12. The van der Waals surface area contributed by atoms with Crippen LogP contribution in [-0.2, 0) is 11.2 Å². The van der Waals surface area contributed by atoms with E-state index >= 15 is 0 Å². The van der Waals surface area contributed by atoms with Crippen molar-refractivity contribution in [1.82, 2.24) is 5.32 Å². The topological polar surface area (TPSA) is 49.3 Å². The van der Waals surface area contributed by atoms with Crippen LogP contribution in [0.3, 0.4) is 0 Å². The van der Waals surface area contributed by atoms with Crippen molar-refractivity contribution in [2.45, 2.75) is 64.8 Å². The average Bonchev–Trinajstić information content (AvgIpc) is 2.49. The van der Waals surface area contributed by atoms with Crippen LogP contribution in [0.2, 0.25) is 0 Å². The quantitative estimate of drug-likeness (QED) is 0.808. The van der Waals surface area contributed by atoms with Crippen LogP contribution < -0.4 is 5.32 Å². The van der Waals surface area contributed by atoms with Gasteiger partial charge in [0.15, 0.2) is 5.78 Å². The lowest BCUT2D eigenvalue weighted by atomic mass is 9.82. The molecule has 2 N–H and O–H groups in total. The van der Waals surface area contributed by atoms with Crippen LogP contribution in [0.5, 0.6) is 5.75 Å². The third-order valence-electron chi connectivity index (χ3n) is 5.11. The Morgan fingerprint density at radius 2 is 1.96 bits per heavy atom. The number of phenols is 1. The molecule has 1 aliphatic heterocycles. The molecule has 23 heavy (non-hydrogen) atoms. The Hall–Kier alpha value is -1.77. The number of aryl methyl sites for hydroxylation is 1. The van der Waals surface area contributed by atoms with E-state index in [4.69, 9.17) is 0 Å². The number of nitrogens with one attached hydrogen (secondary N) is 1. The number of rotatable bonds is 2. The molecule has 0 radical (unpaired) electrons. The van der Waals surface area contributed by atoms with Crippen molar-refractivity contribution < 1.29 is 9.90 Å². The molecule has 0 aromatic heterocycles. The first kappa shape index (κ1) is 16.1. The lowest BCUT2D eigenvalue weighted by Crippen LogP contribution is -2.44. The Bertz CT molecular complexity index is 652. The fraction of sp³-hybridized carbons (Fsp3) is 0.550. The van der Waals surface area contributed by atoms with Crippen molar-refractivity contribution in [3.05, 3.63) is 34.9 Å². The molecule has 0 saturated heterocycles. The second kappa shape index (κ2) is 6.03. The van der Waals surface area contributed by atoms with Crippen LogP contribution in [0.25, 0.3) is 5.70 Å². The molecular formula is C20H27NO2. The van der Waals surface area contributed by atoms with E-state index in [0.29, 0.717) is 5.75 Å². The van der Waals surface area contributed by atoms with Gasteiger partial charge in [-0.15, -0.1) is 0 Å². The van der Waals surface area contributed by atoms with Crippen molar-refractivity contribution in [3.8, 4) is 5.75 Å². The van der Waals surface area contributed by atoms with Crippen molar-refractivity contribution in [2.75, 3.05) is 0 Å². The van der Waals surface area contributed by atoms with Crippen LogP contribution in [0.1, 0.15) is 62.6 Å². The molecule has 1 fully saturated rings. The zero-order chi connectivity index (χ0) is 16.6. The number of allylic oxidation sites excluding steroid dienone is 1. The molecule has 0 amide bonds. The summed E-state index contributed by atoms with van der Waals surface area (Å²) >= 11 is 0. The number of aromatic hydroxyl groups is 1. The van der Waals surface area contributed by atoms with Gasteiger partial charge in [0.1, 0.15) is 5.75 Å². The molecular weight excluding hydrogens is 286 g/mol. The number of carbonyl (C=O) groups is 1. The first-order valence-electron chi connectivity index (χ1n) is 8.72. The Labute approximate surface area is 138 Å². The molecule has 3 rings (SSSR count). The minimum atomic E-state index is -0.0882. The molecule has 124 valence electrons. The summed E-state index contributed by atoms with van der Waals surface area (Å²) in [5, 5.41) is 13.6. The lowest BCUT2D eigenvalue weighted by molar-refractivity contribution is -0.119. The first-order chi connectivity index (χ1) is 10.9. The van der Waals surface area contributed by atoms with E-state index in [-0.39, 0.29) is 17.2 Å². The fourth-order valence-electron chi connectivity index (χ4n) is 3.87. The van der Waals surface area contributed by atoms with Crippen LogP contribution in [-0.4, -0.2) is 16.4 Å². The van der Waals surface area contributed by atoms with Gasteiger partial charge in [0, 0.05) is 28.8 Å². The number of hydrogen-bond donors (Lipinski definition) is 2. The third kappa shape index (κ3) is 3.44. The Morgan fingerprint density at radius 1 is 1.26 bits per heavy atom. The van der Waals surface area contributed by atoms with E-state index < -0.39 is 0 Å². The van der Waals surface area contributed by atoms with Gasteiger partial charge in [-0.1, -0.05) is 25.3 Å². The maximum atomic E-state index is 12.7. The second-order valence-electron chi connectivity index (χ2n) is 7.78. The molecule has 1 saturated carbocycles. The molecule has 0 bridgehead atoms. The van der Waals surface area contributed by atoms with Gasteiger partial charge in [0.2, 0.25) is 0 Å². The molecule has 3 heteroatoms. The van der Waals surface area contributed by atoms with Crippen LogP contribution in [0.4, 0.5) is 0 Å². The van der Waals surface area contributed by atoms with Crippen molar-refractivity contribution in [3.63, 3.8) is 0 Å². The highest BCUT2D eigenvalue weighted by molar-refractivity contribution is 5.98. The summed E-state index contributed by atoms with van der Waals surface area (Å²) in [7, 11) is 0. The maximum absolute atomic E-state index is 12.7. The summed E-state index contributed by atoms with van der Waals surface area (Å²) in [6.45, 7) is 6.22. The first-order valence-corrected chi connectivity index (χ1v) is 8.72. The fourth-order valence-corrected chi connectivity index (χ4v) is 3.87. The van der Waals surface area contributed by atoms with E-state index in [1.165, 1.54) is 12.0 Å². The standard InChI is InChI=1S/C20H27NO2/c1-13-9-15-12-20(2,3)21-17(16(15)10-18(13)22)11-19(23)14-7-5-4-6-8-14/h9-11,14,21-22H,4-8,12H2,1-3H3. The van der Waals surface area contributed by atoms with Crippen LogP contribution >= 0.6 is 0 Å². The highest BCUT2D eigenvalue weighted by atomic mass is 16.3. The van der Waals surface area contributed by atoms with Gasteiger partial charge in [0.25, 0.3) is 0 Å². The summed E-state index contributed by atoms with van der Waals surface area (Å²) in [4.78, 5) is 12.7. The normalized spacial score (nSPS) is 22.5. The van der Waals surface area contributed by atoms with E-state index in [1.807, 2.05) is 13.0 Å². The van der Waals surface area contributed by atoms with E-state index in [0.717, 1.165) is 48.9 Å². The van der Waals surface area contributed by atoms with Gasteiger partial charge in [-0.05, 0) is 57.2 Å². The largest absolute Gasteiger partial charge is 0.508 e. The highest BCUT2D eigenvalue weighted by Crippen LogP contribution is 2.34. The summed E-state index contributed by atoms with van der Waals surface area (Å²) in [6, 6.07) is 3.85. The summed E-state index contributed by atoms with van der Waals surface area (Å²) < 4.78 is 0. The zero-order valence-electron chi connectivity index (χ0n) is 14.4. The van der Waals surface area contributed by atoms with Gasteiger partial charge < -0.3 is 10.4 Å². The molecule has 1 heterocycles.